The molecule has 7 nitrogen and oxygen atoms in total. The van der Waals surface area contributed by atoms with Gasteiger partial charge < -0.3 is 20.5 Å². The summed E-state index contributed by atoms with van der Waals surface area (Å²) in [5.74, 6) is -1.07. The molecule has 11 heteroatoms. The number of benzene rings is 2. The normalized spacial score (nSPS) is 21.1. The molecular formula is C26H27F3N2O5S. The summed E-state index contributed by atoms with van der Waals surface area (Å²) in [5, 5.41) is 14.0. The highest BCUT2D eigenvalue weighted by molar-refractivity contribution is 8.01. The topological polar surface area (TPSA) is 105 Å². The molecule has 0 spiro atoms. The minimum absolute atomic E-state index is 0.0450. The van der Waals surface area contributed by atoms with Crippen LogP contribution >= 0.6 is 11.8 Å². The van der Waals surface area contributed by atoms with Gasteiger partial charge in [0.15, 0.2) is 0 Å². The van der Waals surface area contributed by atoms with Gasteiger partial charge in [-0.15, -0.1) is 11.8 Å². The number of thioether (sulfide) groups is 1. The monoisotopic (exact) mass is 536 g/mol. The molecule has 3 N–H and O–H groups in total. The number of halogens is 3. The second-order valence-corrected chi connectivity index (χ2v) is 10.4. The van der Waals surface area contributed by atoms with Crippen molar-refractivity contribution < 1.29 is 37.4 Å². The van der Waals surface area contributed by atoms with E-state index >= 15 is 0 Å². The van der Waals surface area contributed by atoms with Crippen LogP contribution in [0.15, 0.2) is 47.4 Å². The van der Waals surface area contributed by atoms with E-state index in [4.69, 9.17) is 9.84 Å². The SMILES string of the molecule is O=C(NCCNC(=O)C1Cc2cc(C(F)(F)F)ccc2S1)c1ccc(O[C@H]2CC[C@@H](C(=O)O)CC2)cc1. The molecule has 0 bridgehead atoms. The fourth-order valence-electron chi connectivity index (χ4n) is 4.45. The lowest BCUT2D eigenvalue weighted by molar-refractivity contribution is -0.143. The lowest BCUT2D eigenvalue weighted by Crippen LogP contribution is -2.38. The number of fused-ring (bicyclic) bond motifs is 1. The first-order valence-corrected chi connectivity index (χ1v) is 12.9. The van der Waals surface area contributed by atoms with Gasteiger partial charge in [0, 0.05) is 23.5 Å². The number of amides is 2. The van der Waals surface area contributed by atoms with E-state index < -0.39 is 23.0 Å². The number of ether oxygens (including phenoxy) is 1. The summed E-state index contributed by atoms with van der Waals surface area (Å²) in [7, 11) is 0. The number of nitrogens with one attached hydrogen (secondary N) is 2. The number of carbonyl (C=O) groups is 3. The highest BCUT2D eigenvalue weighted by atomic mass is 32.2. The minimum Gasteiger partial charge on any atom is -0.490 e. The van der Waals surface area contributed by atoms with E-state index in [1.165, 1.54) is 17.8 Å². The standard InChI is InChI=1S/C26H27F3N2O5S/c27-26(28,29)18-5-10-21-17(13-18)14-22(37-21)24(33)31-12-11-30-23(32)15-1-6-19(7-2-15)36-20-8-3-16(4-9-20)25(34)35/h1-2,5-7,10,13,16,20,22H,3-4,8-9,11-12,14H2,(H,30,32)(H,31,33)(H,34,35)/t16-,20+,22?. The van der Waals surface area contributed by atoms with Crippen LogP contribution in [0.5, 0.6) is 5.75 Å². The van der Waals surface area contributed by atoms with Gasteiger partial charge in [0.05, 0.1) is 22.8 Å². The molecule has 1 saturated carbocycles. The van der Waals surface area contributed by atoms with Gasteiger partial charge in [0.25, 0.3) is 5.91 Å². The minimum atomic E-state index is -4.42. The number of aliphatic carboxylic acids is 1. The summed E-state index contributed by atoms with van der Waals surface area (Å²) in [4.78, 5) is 36.6. The Hall–Kier alpha value is -3.21. The van der Waals surface area contributed by atoms with E-state index in [-0.39, 0.29) is 43.3 Å². The summed E-state index contributed by atoms with van der Waals surface area (Å²) in [5.41, 5.74) is 0.210. The first-order valence-electron chi connectivity index (χ1n) is 12.0. The lowest BCUT2D eigenvalue weighted by Gasteiger charge is -2.26. The molecule has 1 aliphatic heterocycles. The van der Waals surface area contributed by atoms with Crippen molar-refractivity contribution in [2.24, 2.45) is 5.92 Å². The zero-order valence-corrected chi connectivity index (χ0v) is 20.7. The van der Waals surface area contributed by atoms with Crippen molar-refractivity contribution in [1.82, 2.24) is 10.6 Å². The summed E-state index contributed by atoms with van der Waals surface area (Å²) in [6, 6.07) is 10.2. The molecule has 2 aromatic carbocycles. The number of rotatable bonds is 8. The number of hydrogen-bond acceptors (Lipinski definition) is 5. The summed E-state index contributed by atoms with van der Waals surface area (Å²) in [6.07, 6.45) is -1.73. The van der Waals surface area contributed by atoms with E-state index in [9.17, 15) is 27.6 Å². The number of carboxylic acids is 1. The Morgan fingerprint density at radius 1 is 0.973 bits per heavy atom. The molecule has 0 aromatic heterocycles. The van der Waals surface area contributed by atoms with Gasteiger partial charge in [-0.05, 0) is 80.1 Å². The quantitative estimate of drug-likeness (QED) is 0.435. The Bertz CT molecular complexity index is 1150. The molecule has 37 heavy (non-hydrogen) atoms. The fraction of sp³-hybridized carbons (Fsp3) is 0.423. The smallest absolute Gasteiger partial charge is 0.416 e. The van der Waals surface area contributed by atoms with Crippen LogP contribution in [-0.2, 0) is 22.2 Å². The molecule has 1 fully saturated rings. The number of carbonyl (C=O) groups excluding carboxylic acids is 2. The second-order valence-electron chi connectivity index (χ2n) is 9.13. The maximum Gasteiger partial charge on any atom is 0.416 e. The zero-order valence-electron chi connectivity index (χ0n) is 19.8. The van der Waals surface area contributed by atoms with E-state index in [2.05, 4.69) is 10.6 Å². The third kappa shape index (κ3) is 6.97. The average molecular weight is 537 g/mol. The molecule has 0 saturated heterocycles. The van der Waals surface area contributed by atoms with Crippen LogP contribution in [0.3, 0.4) is 0 Å². The Morgan fingerprint density at radius 3 is 2.30 bits per heavy atom. The largest absolute Gasteiger partial charge is 0.490 e. The Balaban J connectivity index is 1.16. The fourth-order valence-corrected chi connectivity index (χ4v) is 5.65. The Kier molecular flexibility index (Phi) is 8.31. The Labute approximate surface area is 216 Å². The van der Waals surface area contributed by atoms with Gasteiger partial charge in [-0.25, -0.2) is 0 Å². The van der Waals surface area contributed by atoms with Gasteiger partial charge in [-0.3, -0.25) is 14.4 Å². The van der Waals surface area contributed by atoms with E-state index in [1.54, 1.807) is 24.3 Å². The van der Waals surface area contributed by atoms with Crippen LogP contribution < -0.4 is 15.4 Å². The van der Waals surface area contributed by atoms with Crippen molar-refractivity contribution in [3.8, 4) is 5.75 Å². The predicted octanol–water partition coefficient (Wildman–Crippen LogP) is 4.29. The van der Waals surface area contributed by atoms with Crippen molar-refractivity contribution >= 4 is 29.5 Å². The number of carboxylic acid groups (broad SMARTS) is 1. The molecule has 198 valence electrons. The molecule has 1 heterocycles. The molecule has 2 aliphatic rings. The van der Waals surface area contributed by atoms with E-state index in [1.807, 2.05) is 0 Å². The van der Waals surface area contributed by atoms with Crippen molar-refractivity contribution in [2.75, 3.05) is 13.1 Å². The van der Waals surface area contributed by atoms with Gasteiger partial charge in [0.1, 0.15) is 5.75 Å². The summed E-state index contributed by atoms with van der Waals surface area (Å²) in [6.45, 7) is 0.379. The molecule has 2 aromatic rings. The van der Waals surface area contributed by atoms with Crippen LogP contribution in [0.4, 0.5) is 13.2 Å². The summed E-state index contributed by atoms with van der Waals surface area (Å²) < 4.78 is 44.6. The molecule has 1 unspecified atom stereocenters. The van der Waals surface area contributed by atoms with Crippen LogP contribution in [0, 0.1) is 5.92 Å². The highest BCUT2D eigenvalue weighted by Gasteiger charge is 2.34. The first kappa shape index (κ1) is 26.8. The van der Waals surface area contributed by atoms with Crippen LogP contribution in [0.1, 0.15) is 47.2 Å². The van der Waals surface area contributed by atoms with Crippen LogP contribution in [0.25, 0.3) is 0 Å². The first-order chi connectivity index (χ1) is 17.6. The lowest BCUT2D eigenvalue weighted by atomic mass is 9.87. The molecule has 1 aliphatic carbocycles. The maximum atomic E-state index is 12.9. The number of alkyl halides is 3. The molecular weight excluding hydrogens is 509 g/mol. The molecule has 1 atom stereocenters. The van der Waals surface area contributed by atoms with Crippen molar-refractivity contribution in [3.05, 3.63) is 59.2 Å². The third-order valence-electron chi connectivity index (χ3n) is 6.51. The highest BCUT2D eigenvalue weighted by Crippen LogP contribution is 2.40. The van der Waals surface area contributed by atoms with Gasteiger partial charge in [-0.2, -0.15) is 13.2 Å². The van der Waals surface area contributed by atoms with Crippen LogP contribution in [0.2, 0.25) is 0 Å². The molecule has 0 radical (unpaired) electrons. The molecule has 2 amide bonds. The second kappa shape index (κ2) is 11.5. The third-order valence-corrected chi connectivity index (χ3v) is 7.82. The Morgan fingerprint density at radius 2 is 1.65 bits per heavy atom. The zero-order chi connectivity index (χ0) is 26.6. The van der Waals surface area contributed by atoms with E-state index in [0.29, 0.717) is 47.5 Å². The van der Waals surface area contributed by atoms with Crippen LogP contribution in [-0.4, -0.2) is 47.3 Å². The summed E-state index contributed by atoms with van der Waals surface area (Å²) >= 11 is 1.24. The van der Waals surface area contributed by atoms with Gasteiger partial charge in [0.2, 0.25) is 5.91 Å². The van der Waals surface area contributed by atoms with Gasteiger partial charge in [-0.1, -0.05) is 0 Å². The average Bonchev–Trinajstić information content (AvgIpc) is 3.30. The van der Waals surface area contributed by atoms with E-state index in [0.717, 1.165) is 12.1 Å². The van der Waals surface area contributed by atoms with Crippen molar-refractivity contribution in [1.29, 1.82) is 0 Å². The number of hydrogen-bond donors (Lipinski definition) is 3. The van der Waals surface area contributed by atoms with Crippen molar-refractivity contribution in [2.45, 2.75) is 54.5 Å². The van der Waals surface area contributed by atoms with Gasteiger partial charge >= 0.3 is 12.1 Å². The molecule has 4 rings (SSSR count). The maximum absolute atomic E-state index is 12.9. The predicted molar refractivity (Wildman–Crippen MR) is 131 cm³/mol. The van der Waals surface area contributed by atoms with Crippen molar-refractivity contribution in [3.63, 3.8) is 0 Å².